The van der Waals surface area contributed by atoms with Crippen LogP contribution in [0.15, 0.2) is 73.8 Å². The molecule has 3 aliphatic heterocycles. The highest BCUT2D eigenvalue weighted by molar-refractivity contribution is 8.14. The number of esters is 6. The second-order valence-electron chi connectivity index (χ2n) is 8.65. The number of hydrogen-bond acceptors (Lipinski definition) is 15. The Kier molecular flexibility index (Phi) is 9.26. The summed E-state index contributed by atoms with van der Waals surface area (Å²) in [5, 5.41) is 0. The van der Waals surface area contributed by atoms with Crippen LogP contribution >= 0.6 is 21.4 Å². The first-order chi connectivity index (χ1) is 21.8. The van der Waals surface area contributed by atoms with Gasteiger partial charge >= 0.3 is 35.8 Å². The van der Waals surface area contributed by atoms with Crippen molar-refractivity contribution in [1.29, 1.82) is 0 Å². The van der Waals surface area contributed by atoms with Gasteiger partial charge in [-0.2, -0.15) is 0 Å². The zero-order valence-corrected chi connectivity index (χ0v) is 26.1. The van der Waals surface area contributed by atoms with E-state index in [0.717, 1.165) is 36.4 Å². The number of ether oxygens (including phenoxy) is 3. The van der Waals surface area contributed by atoms with Crippen LogP contribution in [0, 0.1) is 0 Å². The topological polar surface area (TPSA) is 281 Å². The highest BCUT2D eigenvalue weighted by Gasteiger charge is 2.35. The Balaban J connectivity index is 0.000000160. The molecule has 242 valence electrons. The summed E-state index contributed by atoms with van der Waals surface area (Å²) in [5.41, 5.74) is 7.49. The van der Waals surface area contributed by atoms with E-state index in [-0.39, 0.29) is 43.2 Å². The first kappa shape index (κ1) is 34.7. The van der Waals surface area contributed by atoms with Crippen LogP contribution in [-0.2, 0) is 42.3 Å². The van der Waals surface area contributed by atoms with E-state index in [1.807, 2.05) is 0 Å². The van der Waals surface area contributed by atoms with Crippen molar-refractivity contribution in [3.8, 4) is 0 Å². The van der Waals surface area contributed by atoms with Gasteiger partial charge in [0.25, 0.3) is 28.1 Å². The first-order valence-corrected chi connectivity index (χ1v) is 17.7. The fourth-order valence-electron chi connectivity index (χ4n) is 3.84. The average molecular weight is 746 g/mol. The molecule has 0 unspecified atom stereocenters. The summed E-state index contributed by atoms with van der Waals surface area (Å²) in [6, 6.07) is 10.2. The van der Waals surface area contributed by atoms with Crippen LogP contribution in [0.2, 0.25) is 0 Å². The Bertz CT molecular complexity index is 2360. The van der Waals surface area contributed by atoms with Crippen molar-refractivity contribution in [2.45, 2.75) is 14.7 Å². The lowest BCUT2D eigenvalue weighted by Gasteiger charge is -1.98. The Hall–Kier alpha value is -5.18. The molecule has 0 radical (unpaired) electrons. The molecule has 23 heteroatoms. The van der Waals surface area contributed by atoms with Gasteiger partial charge in [0.1, 0.15) is 0 Å². The van der Waals surface area contributed by atoms with Crippen LogP contribution in [0.4, 0.5) is 0 Å². The van der Waals surface area contributed by atoms with Crippen molar-refractivity contribution in [3.63, 3.8) is 0 Å². The zero-order valence-electron chi connectivity index (χ0n) is 22.1. The highest BCUT2D eigenvalue weighted by Crippen LogP contribution is 2.29. The molecule has 0 aliphatic carbocycles. The number of fused-ring (bicyclic) bond motifs is 3. The molecular formula is C24H9Cl2N3O15S3. The van der Waals surface area contributed by atoms with E-state index in [1.165, 1.54) is 18.2 Å². The van der Waals surface area contributed by atoms with E-state index >= 15 is 0 Å². The van der Waals surface area contributed by atoms with Crippen molar-refractivity contribution in [3.05, 3.63) is 98.4 Å². The van der Waals surface area contributed by atoms with Crippen molar-refractivity contribution < 1.29 is 68.2 Å². The molecule has 47 heavy (non-hydrogen) atoms. The molecule has 6 rings (SSSR count). The molecule has 0 spiro atoms. The van der Waals surface area contributed by atoms with Crippen LogP contribution in [0.5, 0.6) is 0 Å². The quantitative estimate of drug-likeness (QED) is 0.0705. The molecule has 3 aromatic rings. The Morgan fingerprint density at radius 1 is 0.553 bits per heavy atom. The average Bonchev–Trinajstić information content (AvgIpc) is 3.56. The Morgan fingerprint density at radius 3 is 1.49 bits per heavy atom. The molecule has 0 atom stereocenters. The van der Waals surface area contributed by atoms with Gasteiger partial charge in [0, 0.05) is 30.8 Å². The molecule has 3 heterocycles. The summed E-state index contributed by atoms with van der Waals surface area (Å²) in [6.45, 7) is 0. The van der Waals surface area contributed by atoms with Gasteiger partial charge in [0.05, 0.1) is 48.1 Å². The second kappa shape index (κ2) is 12.5. The van der Waals surface area contributed by atoms with Crippen LogP contribution in [0.25, 0.3) is 10.4 Å². The maximum Gasteiger partial charge on any atom is 0.348 e. The van der Waals surface area contributed by atoms with Gasteiger partial charge < -0.3 is 14.2 Å². The number of nitrogens with zero attached hydrogens (tertiary/aromatic N) is 3. The molecule has 0 N–H and O–H groups in total. The summed E-state index contributed by atoms with van der Waals surface area (Å²) in [5.74, 6) is -5.27. The van der Waals surface area contributed by atoms with E-state index in [4.69, 9.17) is 26.9 Å². The monoisotopic (exact) mass is 745 g/mol. The van der Waals surface area contributed by atoms with E-state index < -0.39 is 68.8 Å². The predicted molar refractivity (Wildman–Crippen MR) is 151 cm³/mol. The van der Waals surface area contributed by atoms with E-state index in [9.17, 15) is 54.0 Å². The van der Waals surface area contributed by atoms with Gasteiger partial charge in [0.2, 0.25) is 0 Å². The lowest BCUT2D eigenvalue weighted by Crippen LogP contribution is -2.02. The number of azide groups is 1. The first-order valence-electron chi connectivity index (χ1n) is 11.7. The molecule has 0 saturated carbocycles. The van der Waals surface area contributed by atoms with E-state index in [2.05, 4.69) is 23.6 Å². The van der Waals surface area contributed by atoms with Crippen LogP contribution in [0.3, 0.4) is 0 Å². The summed E-state index contributed by atoms with van der Waals surface area (Å²) >= 11 is 0. The molecule has 3 aromatic carbocycles. The summed E-state index contributed by atoms with van der Waals surface area (Å²) in [6.07, 6.45) is 0. The molecule has 0 bridgehead atoms. The summed E-state index contributed by atoms with van der Waals surface area (Å²) in [7, 11) is -1.97. The SMILES string of the molecule is O=C1OC(=O)c2c1cccc2S(=O)(=O)Cl.O=C1OC(=O)c2cc(S(=O)(=O)Cl)ccc21.[N-]=[N+]=NS(=O)(=O)c1ccc2c(c1)C(=O)OC2=O. The third kappa shape index (κ3) is 7.14. The largest absolute Gasteiger partial charge is 0.386 e. The van der Waals surface area contributed by atoms with E-state index in [1.54, 1.807) is 0 Å². The maximum absolute atomic E-state index is 11.4. The molecule has 18 nitrogen and oxygen atoms in total. The standard InChI is InChI=1S/2C8H3ClO5S.C8H3N3O5S/c9-15(12,13)4-1-2-5-6(3-4)8(11)14-7(5)10;9-15(12,13)5-3-1-2-4-6(5)8(11)14-7(4)10;9-10-11-17(14,15)4-1-2-5-6(3-4)8(13)16-7(5)12/h2*1-3H;1-3H. The second-order valence-corrected chi connectivity index (χ2v) is 15.3. The fraction of sp³-hybridized carbons (Fsp3) is 0. The van der Waals surface area contributed by atoms with Crippen LogP contribution in [0.1, 0.15) is 62.1 Å². The Labute approximate surface area is 270 Å². The van der Waals surface area contributed by atoms with Gasteiger partial charge in [-0.25, -0.2) is 54.0 Å². The van der Waals surface area contributed by atoms with Gasteiger partial charge in [0.15, 0.2) is 0 Å². The number of carbonyl (C=O) groups is 6. The molecule has 0 fully saturated rings. The minimum absolute atomic E-state index is 0.0186. The minimum atomic E-state index is -4.18. The minimum Gasteiger partial charge on any atom is -0.386 e. The van der Waals surface area contributed by atoms with Gasteiger partial charge in [-0.1, -0.05) is 6.07 Å². The lowest BCUT2D eigenvalue weighted by atomic mass is 10.1. The smallest absolute Gasteiger partial charge is 0.348 e. The van der Waals surface area contributed by atoms with Crippen LogP contribution in [-0.4, -0.2) is 61.1 Å². The molecule has 0 aromatic heterocycles. The number of carbonyl (C=O) groups excluding carboxylic acids is 6. The maximum atomic E-state index is 11.4. The van der Waals surface area contributed by atoms with Gasteiger partial charge in [-0.15, -0.1) is 0 Å². The molecule has 0 saturated heterocycles. The van der Waals surface area contributed by atoms with Gasteiger partial charge in [-0.05, 0) is 54.1 Å². The van der Waals surface area contributed by atoms with Crippen LogP contribution < -0.4 is 0 Å². The number of halogens is 2. The molecule has 3 aliphatic rings. The highest BCUT2D eigenvalue weighted by atomic mass is 35.7. The normalized spacial score (nSPS) is 14.6. The third-order valence-corrected chi connectivity index (χ3v) is 9.71. The predicted octanol–water partition coefficient (Wildman–Crippen LogP) is 2.85. The number of cyclic esters (lactones) is 6. The zero-order chi connectivity index (χ0) is 35.1. The van der Waals surface area contributed by atoms with Crippen molar-refractivity contribution in [1.82, 2.24) is 0 Å². The van der Waals surface area contributed by atoms with E-state index in [0.29, 0.717) is 0 Å². The number of hydrogen-bond donors (Lipinski definition) is 0. The number of rotatable bonds is 4. The van der Waals surface area contributed by atoms with Crippen molar-refractivity contribution in [2.75, 3.05) is 0 Å². The van der Waals surface area contributed by atoms with Gasteiger partial charge in [-0.3, -0.25) is 0 Å². The molecular weight excluding hydrogens is 737 g/mol. The Morgan fingerprint density at radius 2 is 1.00 bits per heavy atom. The van der Waals surface area contributed by atoms with Crippen molar-refractivity contribution in [2.24, 2.45) is 4.52 Å². The number of sulfonamides is 1. The lowest BCUT2D eigenvalue weighted by molar-refractivity contribution is 0.0424. The number of benzene rings is 3. The summed E-state index contributed by atoms with van der Waals surface area (Å²) in [4.78, 5) is 67.7. The van der Waals surface area contributed by atoms with Crippen molar-refractivity contribution >= 4 is 85.3 Å². The fourth-order valence-corrected chi connectivity index (χ4v) is 6.38. The summed E-state index contributed by atoms with van der Waals surface area (Å²) < 4.78 is 82.3. The third-order valence-electron chi connectivity index (χ3n) is 5.85. The molecule has 0 amide bonds.